The molecule has 0 saturated carbocycles. The molecule has 0 aliphatic carbocycles. The van der Waals surface area contributed by atoms with E-state index in [4.69, 9.17) is 12.2 Å². The molecular weight excluding hydrogens is 370 g/mol. The summed E-state index contributed by atoms with van der Waals surface area (Å²) in [5.41, 5.74) is 1.70. The Balaban J connectivity index is 1.89. The Kier molecular flexibility index (Phi) is 9.15. The van der Waals surface area contributed by atoms with Crippen LogP contribution in [0.15, 0.2) is 54.6 Å². The summed E-state index contributed by atoms with van der Waals surface area (Å²) in [4.78, 5) is 24.6. The van der Waals surface area contributed by atoms with Crippen LogP contribution in [0.4, 0.5) is 11.4 Å². The number of rotatable bonds is 9. The number of unbranched alkanes of at least 4 members (excludes halogenated alkanes) is 4. The summed E-state index contributed by atoms with van der Waals surface area (Å²) in [5.74, 6) is -0.362. The molecule has 2 aromatic carbocycles. The van der Waals surface area contributed by atoms with E-state index in [1.165, 1.54) is 12.8 Å². The molecule has 0 radical (unpaired) electrons. The van der Waals surface area contributed by atoms with Crippen LogP contribution < -0.4 is 16.0 Å². The van der Waals surface area contributed by atoms with E-state index in [1.54, 1.807) is 24.3 Å². The molecule has 0 spiro atoms. The Bertz CT molecular complexity index is 793. The summed E-state index contributed by atoms with van der Waals surface area (Å²) in [6.45, 7) is 2.16. The molecule has 0 bridgehead atoms. The lowest BCUT2D eigenvalue weighted by molar-refractivity contribution is -0.119. The van der Waals surface area contributed by atoms with Gasteiger partial charge in [-0.1, -0.05) is 62.9 Å². The van der Waals surface area contributed by atoms with E-state index < -0.39 is 0 Å². The van der Waals surface area contributed by atoms with Gasteiger partial charge in [-0.05, 0) is 42.9 Å². The SMILES string of the molecule is CCCCCCCC(=O)NC(=S)Nc1ccccc1C(=O)Nc1ccccc1. The molecular formula is C22H27N3O2S. The average Bonchev–Trinajstić information content (AvgIpc) is 2.69. The molecule has 0 heterocycles. The van der Waals surface area contributed by atoms with Gasteiger partial charge < -0.3 is 16.0 Å². The van der Waals surface area contributed by atoms with Crippen LogP contribution in [0.25, 0.3) is 0 Å². The third-order valence-corrected chi connectivity index (χ3v) is 4.42. The number of para-hydroxylation sites is 2. The molecule has 3 N–H and O–H groups in total. The number of hydrogen-bond donors (Lipinski definition) is 3. The van der Waals surface area contributed by atoms with Crippen molar-refractivity contribution in [1.82, 2.24) is 5.32 Å². The summed E-state index contributed by atoms with van der Waals surface area (Å²) < 4.78 is 0. The lowest BCUT2D eigenvalue weighted by Gasteiger charge is -2.13. The fourth-order valence-electron chi connectivity index (χ4n) is 2.74. The highest BCUT2D eigenvalue weighted by atomic mass is 32.1. The number of carbonyl (C=O) groups is 2. The lowest BCUT2D eigenvalue weighted by atomic mass is 10.1. The second-order valence-electron chi connectivity index (χ2n) is 6.53. The van der Waals surface area contributed by atoms with Crippen molar-refractivity contribution in [2.75, 3.05) is 10.6 Å². The van der Waals surface area contributed by atoms with Crippen LogP contribution in [-0.2, 0) is 4.79 Å². The van der Waals surface area contributed by atoms with Crippen LogP contribution in [0.5, 0.6) is 0 Å². The summed E-state index contributed by atoms with van der Waals surface area (Å²) >= 11 is 5.23. The average molecular weight is 398 g/mol. The molecule has 6 heteroatoms. The van der Waals surface area contributed by atoms with Gasteiger partial charge in [0.15, 0.2) is 5.11 Å². The number of nitrogens with one attached hydrogen (secondary N) is 3. The zero-order valence-corrected chi connectivity index (χ0v) is 17.0. The molecule has 0 aliphatic heterocycles. The maximum Gasteiger partial charge on any atom is 0.257 e. The predicted octanol–water partition coefficient (Wildman–Crippen LogP) is 5.11. The fraction of sp³-hybridized carbons (Fsp3) is 0.318. The van der Waals surface area contributed by atoms with Gasteiger partial charge in [0.1, 0.15) is 0 Å². The molecule has 2 aromatic rings. The van der Waals surface area contributed by atoms with E-state index >= 15 is 0 Å². The van der Waals surface area contributed by atoms with E-state index in [-0.39, 0.29) is 16.9 Å². The first-order chi connectivity index (χ1) is 13.6. The van der Waals surface area contributed by atoms with E-state index in [0.717, 1.165) is 19.3 Å². The maximum absolute atomic E-state index is 12.6. The molecule has 0 unspecified atom stereocenters. The van der Waals surface area contributed by atoms with Gasteiger partial charge in [0.25, 0.3) is 5.91 Å². The van der Waals surface area contributed by atoms with Crippen LogP contribution in [0, 0.1) is 0 Å². The summed E-state index contributed by atoms with van der Waals surface area (Å²) in [6, 6.07) is 16.3. The molecule has 5 nitrogen and oxygen atoms in total. The maximum atomic E-state index is 12.6. The lowest BCUT2D eigenvalue weighted by Crippen LogP contribution is -2.34. The van der Waals surface area contributed by atoms with Crippen LogP contribution >= 0.6 is 12.2 Å². The van der Waals surface area contributed by atoms with Gasteiger partial charge in [0.2, 0.25) is 5.91 Å². The number of carbonyl (C=O) groups excluding carboxylic acids is 2. The standard InChI is InChI=1S/C22H27N3O2S/c1-2-3-4-5-9-16-20(26)25-22(28)24-19-15-11-10-14-18(19)21(27)23-17-12-7-6-8-13-17/h6-8,10-15H,2-5,9,16H2,1H3,(H,23,27)(H2,24,25,26,28). The van der Waals surface area contributed by atoms with Gasteiger partial charge in [0.05, 0.1) is 11.3 Å². The zero-order chi connectivity index (χ0) is 20.2. The van der Waals surface area contributed by atoms with Crippen LogP contribution in [0.3, 0.4) is 0 Å². The Morgan fingerprint density at radius 3 is 2.29 bits per heavy atom. The van der Waals surface area contributed by atoms with Gasteiger partial charge in [-0.25, -0.2) is 0 Å². The van der Waals surface area contributed by atoms with E-state index in [9.17, 15) is 9.59 Å². The normalized spacial score (nSPS) is 10.2. The third kappa shape index (κ3) is 7.48. The van der Waals surface area contributed by atoms with Gasteiger partial charge >= 0.3 is 0 Å². The van der Waals surface area contributed by atoms with E-state index in [2.05, 4.69) is 22.9 Å². The van der Waals surface area contributed by atoms with Gasteiger partial charge in [-0.3, -0.25) is 9.59 Å². The highest BCUT2D eigenvalue weighted by Crippen LogP contribution is 2.17. The topological polar surface area (TPSA) is 70.2 Å². The largest absolute Gasteiger partial charge is 0.332 e. The Morgan fingerprint density at radius 2 is 1.54 bits per heavy atom. The minimum atomic E-state index is -0.251. The van der Waals surface area contributed by atoms with Crippen molar-refractivity contribution < 1.29 is 9.59 Å². The smallest absolute Gasteiger partial charge is 0.257 e. The molecule has 0 atom stereocenters. The van der Waals surface area contributed by atoms with E-state index in [1.807, 2.05) is 30.3 Å². The van der Waals surface area contributed by atoms with E-state index in [0.29, 0.717) is 23.4 Å². The number of anilines is 2. The van der Waals surface area contributed by atoms with Crippen molar-refractivity contribution in [2.24, 2.45) is 0 Å². The van der Waals surface area contributed by atoms with Crippen LogP contribution in [0.2, 0.25) is 0 Å². The summed E-state index contributed by atoms with van der Waals surface area (Å²) in [6.07, 6.45) is 5.87. The summed E-state index contributed by atoms with van der Waals surface area (Å²) in [5, 5.41) is 8.68. The van der Waals surface area contributed by atoms with Crippen molar-refractivity contribution in [2.45, 2.75) is 45.4 Å². The Morgan fingerprint density at radius 1 is 0.857 bits per heavy atom. The zero-order valence-electron chi connectivity index (χ0n) is 16.2. The fourth-order valence-corrected chi connectivity index (χ4v) is 2.97. The first-order valence-electron chi connectivity index (χ1n) is 9.66. The van der Waals surface area contributed by atoms with Gasteiger partial charge in [0, 0.05) is 12.1 Å². The Hall–Kier alpha value is -2.73. The molecule has 0 aliphatic rings. The molecule has 2 rings (SSSR count). The van der Waals surface area contributed by atoms with Crippen molar-refractivity contribution in [3.63, 3.8) is 0 Å². The minimum Gasteiger partial charge on any atom is -0.332 e. The quantitative estimate of drug-likeness (QED) is 0.406. The molecule has 0 fully saturated rings. The number of hydrogen-bond acceptors (Lipinski definition) is 3. The third-order valence-electron chi connectivity index (χ3n) is 4.21. The van der Waals surface area contributed by atoms with Crippen LogP contribution in [0.1, 0.15) is 55.8 Å². The minimum absolute atomic E-state index is 0.111. The predicted molar refractivity (Wildman–Crippen MR) is 119 cm³/mol. The Labute approximate surface area is 171 Å². The van der Waals surface area contributed by atoms with Crippen molar-refractivity contribution >= 4 is 40.5 Å². The molecule has 28 heavy (non-hydrogen) atoms. The summed E-state index contributed by atoms with van der Waals surface area (Å²) in [7, 11) is 0. The van der Waals surface area contributed by atoms with Crippen molar-refractivity contribution in [1.29, 1.82) is 0 Å². The van der Waals surface area contributed by atoms with Gasteiger partial charge in [-0.2, -0.15) is 0 Å². The highest BCUT2D eigenvalue weighted by molar-refractivity contribution is 7.80. The van der Waals surface area contributed by atoms with Crippen LogP contribution in [-0.4, -0.2) is 16.9 Å². The van der Waals surface area contributed by atoms with Crippen molar-refractivity contribution in [3.05, 3.63) is 60.2 Å². The molecule has 0 saturated heterocycles. The molecule has 148 valence electrons. The number of thiocarbonyl (C=S) groups is 1. The molecule has 0 aromatic heterocycles. The first-order valence-corrected chi connectivity index (χ1v) is 10.1. The first kappa shape index (κ1) is 21.6. The second kappa shape index (κ2) is 11.9. The molecule has 2 amide bonds. The van der Waals surface area contributed by atoms with Crippen molar-refractivity contribution in [3.8, 4) is 0 Å². The second-order valence-corrected chi connectivity index (χ2v) is 6.94. The van der Waals surface area contributed by atoms with Gasteiger partial charge in [-0.15, -0.1) is 0 Å². The number of benzene rings is 2. The monoisotopic (exact) mass is 397 g/mol. The highest BCUT2D eigenvalue weighted by Gasteiger charge is 2.13. The number of amides is 2.